The maximum Gasteiger partial charge on any atom is 0.250 e. The molecule has 6 nitrogen and oxygen atoms in total. The number of nitrogens with zero attached hydrogens (tertiary/aromatic N) is 4. The van der Waals surface area contributed by atoms with E-state index >= 15 is 0 Å². The molecule has 9 heteroatoms. The van der Waals surface area contributed by atoms with Crippen molar-refractivity contribution in [2.45, 2.75) is 18.5 Å². The van der Waals surface area contributed by atoms with Gasteiger partial charge in [0.15, 0.2) is 11.0 Å². The van der Waals surface area contributed by atoms with Gasteiger partial charge in [0.1, 0.15) is 0 Å². The van der Waals surface area contributed by atoms with Gasteiger partial charge in [-0.05, 0) is 66.1 Å². The molecule has 1 aromatic heterocycles. The third kappa shape index (κ3) is 6.05. The Morgan fingerprint density at radius 1 is 0.971 bits per heavy atom. The molecule has 0 saturated carbocycles. The van der Waals surface area contributed by atoms with Crippen LogP contribution in [0.1, 0.15) is 18.1 Å². The second-order valence-electron chi connectivity index (χ2n) is 7.30. The summed E-state index contributed by atoms with van der Waals surface area (Å²) in [5.74, 6) is 0.513. The molecule has 4 rings (SSSR count). The van der Waals surface area contributed by atoms with Gasteiger partial charge >= 0.3 is 0 Å². The summed E-state index contributed by atoms with van der Waals surface area (Å²) in [6.45, 7) is 2.10. The van der Waals surface area contributed by atoms with E-state index in [0.717, 1.165) is 23.2 Å². The van der Waals surface area contributed by atoms with Gasteiger partial charge in [0.25, 0.3) is 5.91 Å². The highest BCUT2D eigenvalue weighted by Gasteiger charge is 2.17. The van der Waals surface area contributed by atoms with Crippen molar-refractivity contribution in [3.8, 4) is 17.1 Å². The number of aryl methyl sites for hydroxylation is 1. The summed E-state index contributed by atoms with van der Waals surface area (Å²) in [6.07, 6.45) is 2.60. The quantitative estimate of drug-likeness (QED) is 0.178. The average Bonchev–Trinajstić information content (AvgIpc) is 3.28. The Morgan fingerprint density at radius 2 is 1.62 bits per heavy atom. The van der Waals surface area contributed by atoms with Gasteiger partial charge in [0, 0.05) is 21.3 Å². The lowest BCUT2D eigenvalue weighted by molar-refractivity contribution is -0.118. The number of amides is 1. The molecule has 0 aliphatic carbocycles. The van der Waals surface area contributed by atoms with E-state index in [9.17, 15) is 4.79 Å². The minimum Gasteiger partial charge on any atom is -0.272 e. The van der Waals surface area contributed by atoms with Crippen molar-refractivity contribution < 1.29 is 4.79 Å². The van der Waals surface area contributed by atoms with Crippen LogP contribution in [0.15, 0.2) is 83.1 Å². The summed E-state index contributed by atoms with van der Waals surface area (Å²) in [4.78, 5) is 12.4. The number of nitrogens with one attached hydrogen (secondary N) is 1. The van der Waals surface area contributed by atoms with Crippen molar-refractivity contribution in [1.82, 2.24) is 20.2 Å². The molecule has 1 N–H and O–H groups in total. The topological polar surface area (TPSA) is 72.2 Å². The number of carbonyl (C=O) groups is 1. The normalized spacial score (nSPS) is 11.1. The van der Waals surface area contributed by atoms with Gasteiger partial charge in [-0.3, -0.25) is 9.36 Å². The lowest BCUT2D eigenvalue weighted by atomic mass is 10.1. The highest BCUT2D eigenvalue weighted by atomic mass is 35.5. The fourth-order valence-corrected chi connectivity index (χ4v) is 4.15. The molecule has 0 bridgehead atoms. The molecule has 1 heterocycles. The third-order valence-electron chi connectivity index (χ3n) is 4.94. The summed E-state index contributed by atoms with van der Waals surface area (Å²) in [5.41, 5.74) is 6.41. The number of hydrogen-bond acceptors (Lipinski definition) is 5. The smallest absolute Gasteiger partial charge is 0.250 e. The third-order valence-corrected chi connectivity index (χ3v) is 6.38. The molecular weight excluding hydrogens is 489 g/mol. The lowest BCUT2D eigenvalue weighted by Crippen LogP contribution is -2.20. The van der Waals surface area contributed by atoms with Crippen LogP contribution < -0.4 is 5.43 Å². The Hall–Kier alpha value is -3.13. The molecule has 172 valence electrons. The molecule has 34 heavy (non-hydrogen) atoms. The van der Waals surface area contributed by atoms with Crippen molar-refractivity contribution in [3.05, 3.63) is 94.0 Å². The van der Waals surface area contributed by atoms with E-state index in [-0.39, 0.29) is 11.7 Å². The van der Waals surface area contributed by atoms with Crippen LogP contribution in [-0.4, -0.2) is 32.6 Å². The van der Waals surface area contributed by atoms with E-state index in [4.69, 9.17) is 23.2 Å². The van der Waals surface area contributed by atoms with Crippen molar-refractivity contribution in [3.63, 3.8) is 0 Å². The lowest BCUT2D eigenvalue weighted by Gasteiger charge is -2.10. The van der Waals surface area contributed by atoms with Gasteiger partial charge in [-0.15, -0.1) is 10.2 Å². The maximum absolute atomic E-state index is 12.4. The van der Waals surface area contributed by atoms with Crippen LogP contribution in [0.2, 0.25) is 10.0 Å². The number of halogens is 2. The molecule has 1 amide bonds. The Morgan fingerprint density at radius 3 is 2.26 bits per heavy atom. The van der Waals surface area contributed by atoms with E-state index in [0.29, 0.717) is 21.0 Å². The largest absolute Gasteiger partial charge is 0.272 e. The Bertz CT molecular complexity index is 1290. The molecule has 0 radical (unpaired) electrons. The summed E-state index contributed by atoms with van der Waals surface area (Å²) >= 11 is 13.4. The van der Waals surface area contributed by atoms with Gasteiger partial charge in [-0.2, -0.15) is 5.10 Å². The summed E-state index contributed by atoms with van der Waals surface area (Å²) < 4.78 is 1.88. The number of hydrogen-bond donors (Lipinski definition) is 1. The minimum absolute atomic E-state index is 0.123. The minimum atomic E-state index is -0.245. The van der Waals surface area contributed by atoms with Gasteiger partial charge in [0.05, 0.1) is 12.0 Å². The predicted octanol–water partition coefficient (Wildman–Crippen LogP) is 6.05. The summed E-state index contributed by atoms with van der Waals surface area (Å²) in [7, 11) is 0. The Kier molecular flexibility index (Phi) is 8.00. The SMILES string of the molecule is CCc1ccc(C=NNC(=O)CSc2nnc(-c3ccc(Cl)cc3)n2-c2ccc(Cl)cc2)cc1. The average molecular weight is 510 g/mol. The first kappa shape index (κ1) is 24.0. The van der Waals surface area contributed by atoms with Crippen molar-refractivity contribution in [1.29, 1.82) is 0 Å². The van der Waals surface area contributed by atoms with Crippen LogP contribution in [0.25, 0.3) is 17.1 Å². The summed E-state index contributed by atoms with van der Waals surface area (Å²) in [5, 5.41) is 14.6. The number of rotatable bonds is 8. The molecule has 0 spiro atoms. The van der Waals surface area contributed by atoms with Crippen LogP contribution in [0.5, 0.6) is 0 Å². The predicted molar refractivity (Wildman–Crippen MR) is 139 cm³/mol. The first-order chi connectivity index (χ1) is 16.5. The second kappa shape index (κ2) is 11.3. The standard InChI is InChI=1S/C25H21Cl2N5OS/c1-2-17-3-5-18(6-4-17)15-28-29-23(33)16-34-25-31-30-24(19-7-9-20(26)10-8-19)32(25)22-13-11-21(27)12-14-22/h3-15H,2,16H2,1H3,(H,29,33). The zero-order valence-electron chi connectivity index (χ0n) is 18.3. The van der Waals surface area contributed by atoms with Gasteiger partial charge in [0.2, 0.25) is 0 Å². The molecular formula is C25H21Cl2N5OS. The molecule has 0 unspecified atom stereocenters. The molecule has 0 aliphatic heterocycles. The second-order valence-corrected chi connectivity index (χ2v) is 9.12. The molecule has 4 aromatic rings. The fourth-order valence-electron chi connectivity index (χ4n) is 3.15. The Balaban J connectivity index is 1.48. The highest BCUT2D eigenvalue weighted by molar-refractivity contribution is 7.99. The highest BCUT2D eigenvalue weighted by Crippen LogP contribution is 2.29. The molecule has 3 aromatic carbocycles. The number of aromatic nitrogens is 3. The van der Waals surface area contributed by atoms with E-state index in [1.165, 1.54) is 17.3 Å². The molecule has 0 aliphatic rings. The molecule has 0 fully saturated rings. The van der Waals surface area contributed by atoms with Crippen LogP contribution >= 0.6 is 35.0 Å². The maximum atomic E-state index is 12.4. The van der Waals surface area contributed by atoms with Crippen LogP contribution in [0.4, 0.5) is 0 Å². The van der Waals surface area contributed by atoms with Crippen LogP contribution in [-0.2, 0) is 11.2 Å². The first-order valence-corrected chi connectivity index (χ1v) is 12.3. The first-order valence-electron chi connectivity index (χ1n) is 10.5. The number of benzene rings is 3. The zero-order valence-corrected chi connectivity index (χ0v) is 20.6. The van der Waals surface area contributed by atoms with Crippen molar-refractivity contribution in [2.24, 2.45) is 5.10 Å². The van der Waals surface area contributed by atoms with Crippen molar-refractivity contribution >= 4 is 47.1 Å². The molecule has 0 atom stereocenters. The monoisotopic (exact) mass is 509 g/mol. The van der Waals surface area contributed by atoms with E-state index in [1.807, 2.05) is 53.1 Å². The number of thioether (sulfide) groups is 1. The summed E-state index contributed by atoms with van der Waals surface area (Å²) in [6, 6.07) is 22.7. The fraction of sp³-hybridized carbons (Fsp3) is 0.120. The van der Waals surface area contributed by atoms with E-state index < -0.39 is 0 Å². The number of hydrazone groups is 1. The zero-order chi connectivity index (χ0) is 23.9. The molecule has 0 saturated heterocycles. The van der Waals surface area contributed by atoms with Gasteiger partial charge in [-0.25, -0.2) is 5.43 Å². The van der Waals surface area contributed by atoms with E-state index in [2.05, 4.69) is 27.6 Å². The number of carbonyl (C=O) groups excluding carboxylic acids is 1. The Labute approximate surface area is 212 Å². The van der Waals surface area contributed by atoms with Crippen molar-refractivity contribution in [2.75, 3.05) is 5.75 Å². The van der Waals surface area contributed by atoms with Crippen LogP contribution in [0, 0.1) is 0 Å². The van der Waals surface area contributed by atoms with E-state index in [1.54, 1.807) is 30.5 Å². The van der Waals surface area contributed by atoms with Gasteiger partial charge < -0.3 is 0 Å². The van der Waals surface area contributed by atoms with Gasteiger partial charge in [-0.1, -0.05) is 66.2 Å². The van der Waals surface area contributed by atoms with Crippen LogP contribution in [0.3, 0.4) is 0 Å².